The Morgan fingerprint density at radius 2 is 1.72 bits per heavy atom. The van der Waals surface area contributed by atoms with Crippen LogP contribution in [0.15, 0.2) is 45.3 Å². The molecule has 0 amide bonds. The van der Waals surface area contributed by atoms with Gasteiger partial charge in [0, 0.05) is 33.4 Å². The Morgan fingerprint density at radius 3 is 2.45 bits per heavy atom. The van der Waals surface area contributed by atoms with Crippen molar-refractivity contribution >= 4 is 32.0 Å². The van der Waals surface area contributed by atoms with E-state index in [1.165, 1.54) is 10.9 Å². The van der Waals surface area contributed by atoms with Gasteiger partial charge < -0.3 is 9.13 Å². The van der Waals surface area contributed by atoms with Gasteiger partial charge in [0.15, 0.2) is 11.2 Å². The second kappa shape index (κ2) is 6.69. The first kappa shape index (κ1) is 19.1. The Morgan fingerprint density at radius 1 is 1.03 bits per heavy atom. The highest BCUT2D eigenvalue weighted by Crippen LogP contribution is 2.20. The van der Waals surface area contributed by atoms with Crippen molar-refractivity contribution < 1.29 is 8.42 Å². The molecule has 3 aromatic heterocycles. The van der Waals surface area contributed by atoms with Crippen LogP contribution in [0.5, 0.6) is 0 Å². The third kappa shape index (κ3) is 3.07. The van der Waals surface area contributed by atoms with Crippen molar-refractivity contribution in [1.82, 2.24) is 28.2 Å². The number of sulfone groups is 1. The van der Waals surface area contributed by atoms with E-state index in [-0.39, 0.29) is 11.7 Å². The Balaban J connectivity index is 1.72. The van der Waals surface area contributed by atoms with Gasteiger partial charge in [-0.3, -0.25) is 13.9 Å². The zero-order valence-electron chi connectivity index (χ0n) is 16.2. The first-order valence-electron chi connectivity index (χ1n) is 8.96. The van der Waals surface area contributed by atoms with Gasteiger partial charge >= 0.3 is 5.69 Å². The molecule has 0 bridgehead atoms. The lowest BCUT2D eigenvalue weighted by molar-refractivity contribution is 0.506. The molecule has 0 saturated heterocycles. The fraction of sp³-hybridized carbons (Fsp3) is 0.333. The Kier molecular flexibility index (Phi) is 4.41. The third-order valence-electron chi connectivity index (χ3n) is 4.92. The number of fused-ring (bicyclic) bond motifs is 2. The van der Waals surface area contributed by atoms with Crippen LogP contribution in [0.1, 0.15) is 6.42 Å². The van der Waals surface area contributed by atoms with E-state index in [0.29, 0.717) is 35.2 Å². The van der Waals surface area contributed by atoms with Gasteiger partial charge in [-0.15, -0.1) is 0 Å². The number of nitrogens with zero attached hydrogens (tertiary/aromatic N) is 6. The van der Waals surface area contributed by atoms with Crippen molar-refractivity contribution in [2.45, 2.75) is 24.7 Å². The van der Waals surface area contributed by atoms with Gasteiger partial charge in [-0.25, -0.2) is 23.2 Å². The topological polar surface area (TPSA) is 114 Å². The standard InChI is InChI=1S/C18H20N6O4S/c1-21-11-19-15-14(21)16(25)24(18(26)22(15)2)10-6-9-23-13-8-5-4-7-12(13)20-17(23)29(3,27)28/h4-5,7-8,11H,6,9-10H2,1-3H3. The molecule has 0 aliphatic carbocycles. The molecular formula is C18H20N6O4S. The van der Waals surface area contributed by atoms with Gasteiger partial charge in [-0.2, -0.15) is 0 Å². The molecule has 0 unspecified atom stereocenters. The smallest absolute Gasteiger partial charge is 0.328 e. The molecule has 0 aliphatic heterocycles. The zero-order valence-corrected chi connectivity index (χ0v) is 17.0. The number of hydrogen-bond donors (Lipinski definition) is 0. The molecule has 0 N–H and O–H groups in total. The van der Waals surface area contributed by atoms with Gasteiger partial charge in [0.2, 0.25) is 15.0 Å². The molecule has 4 rings (SSSR count). The lowest BCUT2D eigenvalue weighted by atomic mass is 10.3. The maximum atomic E-state index is 12.8. The van der Waals surface area contributed by atoms with Gasteiger partial charge in [-0.1, -0.05) is 12.1 Å². The number of hydrogen-bond acceptors (Lipinski definition) is 6. The van der Waals surface area contributed by atoms with Crippen LogP contribution in [0.4, 0.5) is 0 Å². The predicted octanol–water partition coefficient (Wildman–Crippen LogP) is 0.277. The molecule has 0 spiro atoms. The average molecular weight is 416 g/mol. The van der Waals surface area contributed by atoms with Crippen LogP contribution >= 0.6 is 0 Å². The van der Waals surface area contributed by atoms with Crippen LogP contribution in [0.25, 0.3) is 22.2 Å². The van der Waals surface area contributed by atoms with Crippen molar-refractivity contribution in [2.75, 3.05) is 6.26 Å². The summed E-state index contributed by atoms with van der Waals surface area (Å²) >= 11 is 0. The molecule has 3 heterocycles. The van der Waals surface area contributed by atoms with Crippen molar-refractivity contribution in [3.63, 3.8) is 0 Å². The second-order valence-corrected chi connectivity index (χ2v) is 8.90. The van der Waals surface area contributed by atoms with Crippen molar-refractivity contribution in [3.8, 4) is 0 Å². The molecule has 4 aromatic rings. The largest absolute Gasteiger partial charge is 0.332 e. The quantitative estimate of drug-likeness (QED) is 0.462. The monoisotopic (exact) mass is 416 g/mol. The van der Waals surface area contributed by atoms with Crippen LogP contribution in [-0.2, 0) is 37.0 Å². The van der Waals surface area contributed by atoms with Crippen LogP contribution in [0, 0.1) is 0 Å². The van der Waals surface area contributed by atoms with E-state index in [1.54, 1.807) is 41.4 Å². The second-order valence-electron chi connectivity index (χ2n) is 6.99. The first-order valence-corrected chi connectivity index (χ1v) is 10.9. The summed E-state index contributed by atoms with van der Waals surface area (Å²) in [5.41, 5.74) is 1.07. The SMILES string of the molecule is Cn1cnc2c1c(=O)n(CCCn1c(S(C)(=O)=O)nc3ccccc31)c(=O)n2C. The molecule has 0 saturated carbocycles. The van der Waals surface area contributed by atoms with Crippen molar-refractivity contribution in [3.05, 3.63) is 51.4 Å². The number of rotatable bonds is 5. The number of aryl methyl sites for hydroxylation is 3. The fourth-order valence-corrected chi connectivity index (χ4v) is 4.39. The molecule has 0 aliphatic rings. The Labute approximate surface area is 165 Å². The minimum Gasteiger partial charge on any atom is -0.328 e. The van der Waals surface area contributed by atoms with E-state index in [4.69, 9.17) is 0 Å². The molecule has 10 nitrogen and oxygen atoms in total. The summed E-state index contributed by atoms with van der Waals surface area (Å²) in [6.07, 6.45) is 2.98. The van der Waals surface area contributed by atoms with Crippen LogP contribution in [0.2, 0.25) is 0 Å². The number of aromatic nitrogens is 6. The molecule has 0 fully saturated rings. The summed E-state index contributed by atoms with van der Waals surface area (Å²) in [5, 5.41) is -0.0268. The minimum atomic E-state index is -3.53. The van der Waals surface area contributed by atoms with E-state index < -0.39 is 21.1 Å². The van der Waals surface area contributed by atoms with Crippen LogP contribution < -0.4 is 11.2 Å². The lowest BCUT2D eigenvalue weighted by Gasteiger charge is -2.11. The van der Waals surface area contributed by atoms with E-state index in [1.807, 2.05) is 6.07 Å². The van der Waals surface area contributed by atoms with Gasteiger partial charge in [-0.05, 0) is 18.6 Å². The van der Waals surface area contributed by atoms with Gasteiger partial charge in [0.1, 0.15) is 0 Å². The maximum Gasteiger partial charge on any atom is 0.332 e. The maximum absolute atomic E-state index is 12.8. The Bertz CT molecular complexity index is 1470. The average Bonchev–Trinajstić information content (AvgIpc) is 3.24. The van der Waals surface area contributed by atoms with Crippen molar-refractivity contribution in [2.24, 2.45) is 14.1 Å². The normalized spacial score (nSPS) is 12.2. The number of imidazole rings is 2. The molecular weight excluding hydrogens is 396 g/mol. The molecule has 1 aromatic carbocycles. The highest BCUT2D eigenvalue weighted by Gasteiger charge is 2.20. The molecule has 0 radical (unpaired) electrons. The van der Waals surface area contributed by atoms with Crippen molar-refractivity contribution in [1.29, 1.82) is 0 Å². The molecule has 152 valence electrons. The minimum absolute atomic E-state index is 0.0268. The molecule has 11 heteroatoms. The first-order chi connectivity index (χ1) is 13.7. The highest BCUT2D eigenvalue weighted by atomic mass is 32.2. The van der Waals surface area contributed by atoms with Gasteiger partial charge in [0.25, 0.3) is 5.56 Å². The Hall–Kier alpha value is -3.21. The van der Waals surface area contributed by atoms with E-state index in [9.17, 15) is 18.0 Å². The summed E-state index contributed by atoms with van der Waals surface area (Å²) < 4.78 is 30.0. The summed E-state index contributed by atoms with van der Waals surface area (Å²) in [6, 6.07) is 7.14. The number of benzene rings is 1. The fourth-order valence-electron chi connectivity index (χ4n) is 3.53. The highest BCUT2D eigenvalue weighted by molar-refractivity contribution is 7.90. The summed E-state index contributed by atoms with van der Waals surface area (Å²) in [5.74, 6) is 0. The van der Waals surface area contributed by atoms with E-state index in [0.717, 1.165) is 10.8 Å². The zero-order chi connectivity index (χ0) is 20.9. The third-order valence-corrected chi connectivity index (χ3v) is 5.89. The van der Waals surface area contributed by atoms with Crippen LogP contribution in [0.3, 0.4) is 0 Å². The lowest BCUT2D eigenvalue weighted by Crippen LogP contribution is -2.39. The molecule has 0 atom stereocenters. The van der Waals surface area contributed by atoms with Crippen LogP contribution in [-0.4, -0.2) is 42.9 Å². The predicted molar refractivity (Wildman–Crippen MR) is 108 cm³/mol. The van der Waals surface area contributed by atoms with Gasteiger partial charge in [0.05, 0.1) is 17.4 Å². The summed E-state index contributed by atoms with van der Waals surface area (Å²) in [6.45, 7) is 0.435. The van der Waals surface area contributed by atoms with E-state index in [2.05, 4.69) is 9.97 Å². The van der Waals surface area contributed by atoms with E-state index >= 15 is 0 Å². The summed E-state index contributed by atoms with van der Waals surface area (Å²) in [4.78, 5) is 33.7. The molecule has 29 heavy (non-hydrogen) atoms. The summed E-state index contributed by atoms with van der Waals surface area (Å²) in [7, 11) is -0.270. The number of para-hydroxylation sites is 2.